The van der Waals surface area contributed by atoms with Crippen molar-refractivity contribution in [3.8, 4) is 0 Å². The summed E-state index contributed by atoms with van der Waals surface area (Å²) in [4.78, 5) is 14.5. The molecule has 0 saturated carbocycles. The van der Waals surface area contributed by atoms with Gasteiger partial charge >= 0.3 is 5.97 Å². The van der Waals surface area contributed by atoms with E-state index in [2.05, 4.69) is 49.9 Å². The maximum atomic E-state index is 10.8. The number of fused-ring (bicyclic) bond motifs is 1. The molecule has 0 saturated heterocycles. The van der Waals surface area contributed by atoms with Crippen LogP contribution in [0, 0.1) is 0 Å². The summed E-state index contributed by atoms with van der Waals surface area (Å²) in [6.07, 6.45) is 1.29. The number of carboxylic acids is 1. The number of hydrogen-bond donors (Lipinski definition) is 1. The van der Waals surface area contributed by atoms with E-state index in [1.165, 1.54) is 10.5 Å². The van der Waals surface area contributed by atoms with E-state index in [0.29, 0.717) is 11.8 Å². The molecule has 1 aliphatic heterocycles. The second-order valence-corrected chi connectivity index (χ2v) is 7.65. The summed E-state index contributed by atoms with van der Waals surface area (Å²) in [5, 5.41) is 9.43. The molecule has 1 aliphatic rings. The van der Waals surface area contributed by atoms with Crippen molar-refractivity contribution in [1.29, 1.82) is 0 Å². The second kappa shape index (κ2) is 6.19. The molecule has 1 heterocycles. The van der Waals surface area contributed by atoms with Gasteiger partial charge in [-0.15, -0.1) is 11.8 Å². The van der Waals surface area contributed by atoms with Crippen LogP contribution in [0.25, 0.3) is 0 Å². The topological polar surface area (TPSA) is 40.5 Å². The molecule has 1 aromatic rings. The fraction of sp³-hybridized carbons (Fsp3) is 0.562. The zero-order valence-electron chi connectivity index (χ0n) is 12.4. The quantitative estimate of drug-likeness (QED) is 0.904. The zero-order valence-corrected chi connectivity index (χ0v) is 13.2. The van der Waals surface area contributed by atoms with Crippen molar-refractivity contribution in [1.82, 2.24) is 4.90 Å². The van der Waals surface area contributed by atoms with Crippen LogP contribution in [0.3, 0.4) is 0 Å². The largest absolute Gasteiger partial charge is 0.481 e. The van der Waals surface area contributed by atoms with E-state index in [1.54, 1.807) is 0 Å². The summed E-state index contributed by atoms with van der Waals surface area (Å²) in [6.45, 7) is 8.02. The van der Waals surface area contributed by atoms with Crippen LogP contribution >= 0.6 is 11.8 Å². The lowest BCUT2D eigenvalue weighted by Crippen LogP contribution is -2.45. The molecule has 1 N–H and O–H groups in total. The van der Waals surface area contributed by atoms with Gasteiger partial charge in [-0.3, -0.25) is 9.69 Å². The van der Waals surface area contributed by atoms with Crippen molar-refractivity contribution in [3.05, 3.63) is 29.8 Å². The minimum atomic E-state index is -0.721. The molecule has 0 amide bonds. The van der Waals surface area contributed by atoms with Crippen molar-refractivity contribution in [2.45, 2.75) is 49.3 Å². The van der Waals surface area contributed by atoms with Crippen LogP contribution in [0.1, 0.15) is 32.8 Å². The number of benzene rings is 1. The molecule has 1 unspecified atom stereocenters. The van der Waals surface area contributed by atoms with Crippen LogP contribution in [-0.2, 0) is 11.2 Å². The van der Waals surface area contributed by atoms with Gasteiger partial charge in [0.1, 0.15) is 0 Å². The summed E-state index contributed by atoms with van der Waals surface area (Å²) < 4.78 is 0. The first-order chi connectivity index (χ1) is 9.36. The summed E-state index contributed by atoms with van der Waals surface area (Å²) in [5.41, 5.74) is 1.43. The third kappa shape index (κ3) is 4.00. The maximum absolute atomic E-state index is 10.8. The molecular weight excluding hydrogens is 270 g/mol. The van der Waals surface area contributed by atoms with Crippen molar-refractivity contribution in [3.63, 3.8) is 0 Å². The van der Waals surface area contributed by atoms with Gasteiger partial charge in [0.05, 0.1) is 6.42 Å². The summed E-state index contributed by atoms with van der Waals surface area (Å²) in [7, 11) is 0. The summed E-state index contributed by atoms with van der Waals surface area (Å²) in [6, 6.07) is 8.55. The highest BCUT2D eigenvalue weighted by Gasteiger charge is 2.28. The average Bonchev–Trinajstić information content (AvgIpc) is 2.75. The Kier molecular flexibility index (Phi) is 4.76. The minimum Gasteiger partial charge on any atom is -0.481 e. The molecule has 4 heteroatoms. The molecule has 0 aromatic heterocycles. The van der Waals surface area contributed by atoms with Crippen LogP contribution in [0.4, 0.5) is 0 Å². The Morgan fingerprint density at radius 2 is 2.10 bits per heavy atom. The lowest BCUT2D eigenvalue weighted by Gasteiger charge is -2.37. The third-order valence-corrected chi connectivity index (χ3v) is 4.98. The van der Waals surface area contributed by atoms with Crippen LogP contribution in [0.2, 0.25) is 0 Å². The van der Waals surface area contributed by atoms with E-state index in [0.717, 1.165) is 13.0 Å². The molecule has 3 nitrogen and oxygen atoms in total. The Morgan fingerprint density at radius 1 is 1.40 bits per heavy atom. The number of thioether (sulfide) groups is 1. The van der Waals surface area contributed by atoms with Crippen LogP contribution in [0.5, 0.6) is 0 Å². The molecular formula is C16H23NO2S. The first-order valence-corrected chi connectivity index (χ1v) is 7.95. The molecule has 1 atom stereocenters. The average molecular weight is 293 g/mol. The molecule has 0 bridgehead atoms. The predicted octanol–water partition coefficient (Wildman–Crippen LogP) is 3.28. The lowest BCUT2D eigenvalue weighted by atomic mass is 10.0. The minimum absolute atomic E-state index is 0.00475. The van der Waals surface area contributed by atoms with Gasteiger partial charge in [-0.1, -0.05) is 18.2 Å². The van der Waals surface area contributed by atoms with E-state index < -0.39 is 5.97 Å². The maximum Gasteiger partial charge on any atom is 0.304 e. The third-order valence-electron chi connectivity index (χ3n) is 3.68. The first-order valence-electron chi connectivity index (χ1n) is 7.07. The lowest BCUT2D eigenvalue weighted by molar-refractivity contribution is -0.137. The van der Waals surface area contributed by atoms with Crippen molar-refractivity contribution in [2.75, 3.05) is 13.1 Å². The van der Waals surface area contributed by atoms with Crippen molar-refractivity contribution < 1.29 is 9.90 Å². The molecule has 20 heavy (non-hydrogen) atoms. The van der Waals surface area contributed by atoms with E-state index in [1.807, 2.05) is 11.8 Å². The Labute approximate surface area is 125 Å². The molecule has 1 aromatic carbocycles. The highest BCUT2D eigenvalue weighted by atomic mass is 32.2. The van der Waals surface area contributed by atoms with E-state index in [9.17, 15) is 4.79 Å². The molecule has 0 radical (unpaired) electrons. The van der Waals surface area contributed by atoms with Crippen LogP contribution in [0.15, 0.2) is 29.2 Å². The van der Waals surface area contributed by atoms with Crippen LogP contribution in [-0.4, -0.2) is 39.9 Å². The second-order valence-electron chi connectivity index (χ2n) is 6.31. The number of nitrogens with zero attached hydrogens (tertiary/aromatic N) is 1. The van der Waals surface area contributed by atoms with Gasteiger partial charge in [0, 0.05) is 28.8 Å². The van der Waals surface area contributed by atoms with E-state index >= 15 is 0 Å². The normalized spacial score (nSPS) is 18.3. The Bertz CT molecular complexity index is 457. The zero-order chi connectivity index (χ0) is 14.8. The fourth-order valence-corrected chi connectivity index (χ4v) is 3.87. The monoisotopic (exact) mass is 293 g/mol. The van der Waals surface area contributed by atoms with Gasteiger partial charge in [0.15, 0.2) is 0 Å². The molecule has 0 aliphatic carbocycles. The standard InChI is InChI=1S/C16H23NO2S/c1-16(2,3)17(9-8-15(18)19)11-13-10-12-6-4-5-7-14(12)20-13/h4-7,13H,8-11H2,1-3H3,(H,18,19). The number of hydrogen-bond acceptors (Lipinski definition) is 3. The van der Waals surface area contributed by atoms with Crippen molar-refractivity contribution >= 4 is 17.7 Å². The number of carbonyl (C=O) groups is 1. The number of rotatable bonds is 5. The van der Waals surface area contributed by atoms with E-state index in [4.69, 9.17) is 5.11 Å². The van der Waals surface area contributed by atoms with Crippen LogP contribution < -0.4 is 0 Å². The number of carboxylic acid groups (broad SMARTS) is 1. The molecule has 2 rings (SSSR count). The molecule has 110 valence electrons. The van der Waals surface area contributed by atoms with Crippen molar-refractivity contribution in [2.24, 2.45) is 0 Å². The summed E-state index contributed by atoms with van der Waals surface area (Å²) >= 11 is 1.93. The Morgan fingerprint density at radius 3 is 2.70 bits per heavy atom. The Balaban J connectivity index is 1.98. The summed E-state index contributed by atoms with van der Waals surface area (Å²) in [5.74, 6) is -0.721. The molecule has 0 fully saturated rings. The SMILES string of the molecule is CC(C)(C)N(CCC(=O)O)CC1Cc2ccccc2S1. The van der Waals surface area contributed by atoms with Gasteiger partial charge in [-0.2, -0.15) is 0 Å². The van der Waals surface area contributed by atoms with Gasteiger partial charge in [-0.25, -0.2) is 0 Å². The smallest absolute Gasteiger partial charge is 0.304 e. The van der Waals surface area contributed by atoms with Gasteiger partial charge < -0.3 is 5.11 Å². The van der Waals surface area contributed by atoms with Gasteiger partial charge in [0.2, 0.25) is 0 Å². The highest BCUT2D eigenvalue weighted by Crippen LogP contribution is 2.37. The molecule has 0 spiro atoms. The number of aliphatic carboxylic acids is 1. The predicted molar refractivity (Wildman–Crippen MR) is 83.4 cm³/mol. The van der Waals surface area contributed by atoms with E-state index in [-0.39, 0.29) is 12.0 Å². The highest BCUT2D eigenvalue weighted by molar-refractivity contribution is 8.00. The fourth-order valence-electron chi connectivity index (χ4n) is 2.53. The van der Waals surface area contributed by atoms with Gasteiger partial charge in [0.25, 0.3) is 0 Å². The first kappa shape index (κ1) is 15.4. The van der Waals surface area contributed by atoms with Gasteiger partial charge in [-0.05, 0) is 38.8 Å². The Hall–Kier alpha value is -1.00.